The van der Waals surface area contributed by atoms with Crippen molar-refractivity contribution in [3.63, 3.8) is 0 Å². The molecule has 0 spiro atoms. The first-order valence-corrected chi connectivity index (χ1v) is 7.53. The van der Waals surface area contributed by atoms with Gasteiger partial charge in [-0.15, -0.1) is 0 Å². The van der Waals surface area contributed by atoms with Crippen molar-refractivity contribution in [3.8, 4) is 0 Å². The number of anilines is 2. The lowest BCUT2D eigenvalue weighted by molar-refractivity contribution is 0.0994. The number of aryl methyl sites for hydroxylation is 1. The summed E-state index contributed by atoms with van der Waals surface area (Å²) >= 11 is 1.35. The van der Waals surface area contributed by atoms with E-state index in [2.05, 4.69) is 19.9 Å². The zero-order chi connectivity index (χ0) is 15.3. The SMILES string of the molecule is Nc1cc2c(cc1Sc1nc3ncnc(N)c3[nH]1)C(=O)CC2. The number of carbonyl (C=O) groups excluding carboxylic acids is 1. The number of nitrogens with two attached hydrogens (primary N) is 2. The Labute approximate surface area is 129 Å². The molecule has 4 rings (SSSR count). The second-order valence-corrected chi connectivity index (χ2v) is 6.10. The largest absolute Gasteiger partial charge is 0.398 e. The molecule has 1 aromatic carbocycles. The maximum absolute atomic E-state index is 11.9. The summed E-state index contributed by atoms with van der Waals surface area (Å²) in [7, 11) is 0. The molecular formula is C14H12N6OS. The highest BCUT2D eigenvalue weighted by Gasteiger charge is 2.22. The Balaban J connectivity index is 1.75. The Bertz CT molecular complexity index is 919. The van der Waals surface area contributed by atoms with E-state index in [1.165, 1.54) is 18.1 Å². The van der Waals surface area contributed by atoms with Crippen molar-refractivity contribution < 1.29 is 4.79 Å². The molecule has 1 aliphatic carbocycles. The third-order valence-corrected chi connectivity index (χ3v) is 4.62. The summed E-state index contributed by atoms with van der Waals surface area (Å²) < 4.78 is 0. The molecule has 8 heteroatoms. The van der Waals surface area contributed by atoms with Crippen LogP contribution in [0.15, 0.2) is 28.5 Å². The number of aromatic nitrogens is 4. The van der Waals surface area contributed by atoms with E-state index in [4.69, 9.17) is 11.5 Å². The van der Waals surface area contributed by atoms with Crippen molar-refractivity contribution in [2.75, 3.05) is 11.5 Å². The third kappa shape index (κ3) is 2.00. The summed E-state index contributed by atoms with van der Waals surface area (Å²) in [6.45, 7) is 0. The number of ketones is 1. The summed E-state index contributed by atoms with van der Waals surface area (Å²) in [4.78, 5) is 28.1. The molecule has 7 nitrogen and oxygen atoms in total. The van der Waals surface area contributed by atoms with Crippen LogP contribution in [0, 0.1) is 0 Å². The van der Waals surface area contributed by atoms with E-state index >= 15 is 0 Å². The fourth-order valence-corrected chi connectivity index (χ4v) is 3.41. The van der Waals surface area contributed by atoms with Gasteiger partial charge in [-0.05, 0) is 35.9 Å². The fraction of sp³-hybridized carbons (Fsp3) is 0.143. The van der Waals surface area contributed by atoms with Gasteiger partial charge in [0.05, 0.1) is 0 Å². The highest BCUT2D eigenvalue weighted by Crippen LogP contribution is 2.36. The standard InChI is InChI=1S/C14H12N6OS/c15-8-3-6-1-2-9(21)7(6)4-10(8)22-14-19-11-12(16)17-5-18-13(11)20-14/h3-5H,1-2,15H2,(H3,16,17,18,19,20). The maximum Gasteiger partial charge on any atom is 0.183 e. The second-order valence-electron chi connectivity index (χ2n) is 5.07. The second kappa shape index (κ2) is 4.70. The molecule has 2 heterocycles. The predicted octanol–water partition coefficient (Wildman–Crippen LogP) is 1.80. The van der Waals surface area contributed by atoms with Crippen molar-refractivity contribution in [1.82, 2.24) is 19.9 Å². The molecule has 0 unspecified atom stereocenters. The average molecular weight is 312 g/mol. The molecule has 0 amide bonds. The molecule has 0 bridgehead atoms. The van der Waals surface area contributed by atoms with Crippen molar-refractivity contribution in [2.24, 2.45) is 0 Å². The van der Waals surface area contributed by atoms with Crippen LogP contribution in [0.5, 0.6) is 0 Å². The molecule has 3 aromatic rings. The Morgan fingerprint density at radius 1 is 1.18 bits per heavy atom. The van der Waals surface area contributed by atoms with Gasteiger partial charge in [0.1, 0.15) is 11.8 Å². The van der Waals surface area contributed by atoms with Gasteiger partial charge in [0, 0.05) is 22.6 Å². The number of nitrogen functional groups attached to an aromatic ring is 2. The van der Waals surface area contributed by atoms with Crippen LogP contribution in [-0.2, 0) is 6.42 Å². The van der Waals surface area contributed by atoms with E-state index in [1.807, 2.05) is 12.1 Å². The molecule has 22 heavy (non-hydrogen) atoms. The van der Waals surface area contributed by atoms with Crippen LogP contribution >= 0.6 is 11.8 Å². The highest BCUT2D eigenvalue weighted by molar-refractivity contribution is 7.99. The number of hydrogen-bond donors (Lipinski definition) is 3. The first-order valence-electron chi connectivity index (χ1n) is 6.71. The first-order chi connectivity index (χ1) is 10.6. The molecule has 0 atom stereocenters. The molecule has 0 radical (unpaired) electrons. The maximum atomic E-state index is 11.9. The number of Topliss-reactive ketones (excluding diaryl/α,β-unsaturated/α-hetero) is 1. The Hall–Kier alpha value is -2.61. The number of rotatable bonds is 2. The highest BCUT2D eigenvalue weighted by atomic mass is 32.2. The minimum Gasteiger partial charge on any atom is -0.398 e. The molecule has 5 N–H and O–H groups in total. The molecule has 2 aromatic heterocycles. The van der Waals surface area contributed by atoms with Crippen LogP contribution in [0.3, 0.4) is 0 Å². The van der Waals surface area contributed by atoms with E-state index in [9.17, 15) is 4.79 Å². The predicted molar refractivity (Wildman–Crippen MR) is 83.7 cm³/mol. The van der Waals surface area contributed by atoms with Gasteiger partial charge >= 0.3 is 0 Å². The van der Waals surface area contributed by atoms with Gasteiger partial charge in [0.2, 0.25) is 0 Å². The number of benzene rings is 1. The molecule has 0 aliphatic heterocycles. The normalized spacial score (nSPS) is 13.7. The van der Waals surface area contributed by atoms with Gasteiger partial charge in [0.15, 0.2) is 22.4 Å². The number of imidazole rings is 1. The summed E-state index contributed by atoms with van der Waals surface area (Å²) in [6.07, 6.45) is 2.69. The van der Waals surface area contributed by atoms with Crippen molar-refractivity contribution >= 4 is 40.2 Å². The van der Waals surface area contributed by atoms with E-state index in [-0.39, 0.29) is 5.78 Å². The van der Waals surface area contributed by atoms with Crippen molar-refractivity contribution in [2.45, 2.75) is 22.9 Å². The average Bonchev–Trinajstić information content (AvgIpc) is 3.05. The monoisotopic (exact) mass is 312 g/mol. The number of hydrogen-bond acceptors (Lipinski definition) is 7. The van der Waals surface area contributed by atoms with Crippen LogP contribution in [-0.4, -0.2) is 25.7 Å². The number of nitrogens with one attached hydrogen (secondary N) is 1. The number of nitrogens with zero attached hydrogens (tertiary/aromatic N) is 3. The van der Waals surface area contributed by atoms with E-state index in [1.54, 1.807) is 0 Å². The quantitative estimate of drug-likeness (QED) is 0.616. The Morgan fingerprint density at radius 3 is 2.86 bits per heavy atom. The van der Waals surface area contributed by atoms with Crippen LogP contribution in [0.2, 0.25) is 0 Å². The molecule has 0 saturated carbocycles. The first kappa shape index (κ1) is 13.1. The lowest BCUT2D eigenvalue weighted by Gasteiger charge is -2.06. The van der Waals surface area contributed by atoms with Gasteiger partial charge in [-0.2, -0.15) is 0 Å². The van der Waals surface area contributed by atoms with Gasteiger partial charge in [-0.1, -0.05) is 0 Å². The summed E-state index contributed by atoms with van der Waals surface area (Å²) in [5.41, 5.74) is 15.4. The molecule has 110 valence electrons. The van der Waals surface area contributed by atoms with Gasteiger partial charge in [0.25, 0.3) is 0 Å². The molecule has 0 saturated heterocycles. The van der Waals surface area contributed by atoms with E-state index < -0.39 is 0 Å². The number of aromatic amines is 1. The number of carbonyl (C=O) groups is 1. The van der Waals surface area contributed by atoms with Crippen LogP contribution in [0.1, 0.15) is 22.3 Å². The third-order valence-electron chi connectivity index (χ3n) is 3.66. The number of H-pyrrole nitrogens is 1. The molecular weight excluding hydrogens is 300 g/mol. The molecule has 0 fully saturated rings. The summed E-state index contributed by atoms with van der Waals surface area (Å²) in [6, 6.07) is 3.71. The molecule has 1 aliphatic rings. The lowest BCUT2D eigenvalue weighted by Crippen LogP contribution is -1.96. The fourth-order valence-electron chi connectivity index (χ4n) is 2.56. The Morgan fingerprint density at radius 2 is 2.05 bits per heavy atom. The van der Waals surface area contributed by atoms with Crippen LogP contribution in [0.25, 0.3) is 11.2 Å². The zero-order valence-electron chi connectivity index (χ0n) is 11.5. The van der Waals surface area contributed by atoms with Gasteiger partial charge in [-0.25, -0.2) is 15.0 Å². The smallest absolute Gasteiger partial charge is 0.183 e. The lowest BCUT2D eigenvalue weighted by atomic mass is 10.1. The zero-order valence-corrected chi connectivity index (χ0v) is 12.3. The van der Waals surface area contributed by atoms with Gasteiger partial charge < -0.3 is 16.5 Å². The van der Waals surface area contributed by atoms with E-state index in [0.29, 0.717) is 34.2 Å². The summed E-state index contributed by atoms with van der Waals surface area (Å²) in [5.74, 6) is 0.512. The van der Waals surface area contributed by atoms with Crippen LogP contribution < -0.4 is 11.5 Å². The minimum atomic E-state index is 0.163. The van der Waals surface area contributed by atoms with Crippen LogP contribution in [0.4, 0.5) is 11.5 Å². The van der Waals surface area contributed by atoms with Gasteiger partial charge in [-0.3, -0.25) is 4.79 Å². The topological polar surface area (TPSA) is 124 Å². The van der Waals surface area contributed by atoms with Crippen molar-refractivity contribution in [1.29, 1.82) is 0 Å². The number of fused-ring (bicyclic) bond motifs is 2. The summed E-state index contributed by atoms with van der Waals surface area (Å²) in [5, 5.41) is 0.610. The van der Waals surface area contributed by atoms with Crippen molar-refractivity contribution in [3.05, 3.63) is 29.6 Å². The minimum absolute atomic E-state index is 0.163. The Kier molecular flexibility index (Phi) is 2.80. The van der Waals surface area contributed by atoms with E-state index in [0.717, 1.165) is 22.4 Å².